The van der Waals surface area contributed by atoms with Crippen LogP contribution >= 0.6 is 0 Å². The lowest BCUT2D eigenvalue weighted by molar-refractivity contribution is 0.101. The molecule has 3 rings (SSSR count). The number of carbonyl (C=O) groups is 1. The Morgan fingerprint density at radius 3 is 2.76 bits per heavy atom. The summed E-state index contributed by atoms with van der Waals surface area (Å²) in [4.78, 5) is 12.2. The van der Waals surface area contributed by atoms with Gasteiger partial charge in [0, 0.05) is 24.1 Å². The van der Waals surface area contributed by atoms with E-state index in [2.05, 4.69) is 0 Å². The quantitative estimate of drug-likeness (QED) is 0.628. The van der Waals surface area contributed by atoms with Gasteiger partial charge in [0.05, 0.1) is 11.8 Å². The van der Waals surface area contributed by atoms with Gasteiger partial charge in [0.15, 0.2) is 5.76 Å². The average molecular weight is 225 g/mol. The number of ketones is 1. The van der Waals surface area contributed by atoms with Gasteiger partial charge in [0.1, 0.15) is 0 Å². The summed E-state index contributed by atoms with van der Waals surface area (Å²) in [5, 5.41) is 0.955. The van der Waals surface area contributed by atoms with Gasteiger partial charge >= 0.3 is 0 Å². The monoisotopic (exact) mass is 225 g/mol. The number of hydrogen-bond acceptors (Lipinski definition) is 2. The number of nitrogens with zero attached hydrogens (tertiary/aromatic N) is 1. The second kappa shape index (κ2) is 3.63. The Kier molecular flexibility index (Phi) is 2.11. The first-order valence-electron chi connectivity index (χ1n) is 5.39. The lowest BCUT2D eigenvalue weighted by Crippen LogP contribution is -1.98. The summed E-state index contributed by atoms with van der Waals surface area (Å²) in [6, 6.07) is 11.2. The zero-order chi connectivity index (χ0) is 11.8. The summed E-state index contributed by atoms with van der Waals surface area (Å²) in [6.45, 7) is 0. The molecule has 2 heterocycles. The van der Waals surface area contributed by atoms with Crippen molar-refractivity contribution in [2.75, 3.05) is 0 Å². The smallest absolute Gasteiger partial charge is 0.230 e. The minimum absolute atomic E-state index is 0.0770. The highest BCUT2D eigenvalue weighted by molar-refractivity contribution is 6.15. The van der Waals surface area contributed by atoms with Crippen LogP contribution < -0.4 is 0 Å². The Balaban J connectivity index is 2.22. The molecule has 3 nitrogen and oxygen atoms in total. The maximum Gasteiger partial charge on any atom is 0.230 e. The van der Waals surface area contributed by atoms with Gasteiger partial charge in [-0.3, -0.25) is 4.79 Å². The van der Waals surface area contributed by atoms with E-state index in [4.69, 9.17) is 4.42 Å². The summed E-state index contributed by atoms with van der Waals surface area (Å²) in [5.74, 6) is 0.299. The van der Waals surface area contributed by atoms with Crippen LogP contribution in [0.5, 0.6) is 0 Å². The molecule has 0 saturated carbocycles. The molecule has 0 atom stereocenters. The molecule has 0 unspecified atom stereocenters. The van der Waals surface area contributed by atoms with E-state index in [1.54, 1.807) is 12.1 Å². The number of carbonyl (C=O) groups excluding carboxylic acids is 1. The van der Waals surface area contributed by atoms with Gasteiger partial charge in [0.25, 0.3) is 0 Å². The predicted octanol–water partition coefficient (Wildman–Crippen LogP) is 3.00. The van der Waals surface area contributed by atoms with E-state index < -0.39 is 0 Å². The standard InChI is InChI=1S/C14H11NO2/c1-15-9-11(10-5-2-3-6-12(10)15)14(16)13-7-4-8-17-13/h2-9H,1H3. The molecule has 0 saturated heterocycles. The predicted molar refractivity (Wildman–Crippen MR) is 65.1 cm³/mol. The van der Waals surface area contributed by atoms with Crippen molar-refractivity contribution < 1.29 is 9.21 Å². The van der Waals surface area contributed by atoms with E-state index in [-0.39, 0.29) is 5.78 Å². The van der Waals surface area contributed by atoms with Crippen LogP contribution in [0.2, 0.25) is 0 Å². The molecule has 84 valence electrons. The van der Waals surface area contributed by atoms with Crippen LogP contribution in [0.1, 0.15) is 16.1 Å². The van der Waals surface area contributed by atoms with Gasteiger partial charge < -0.3 is 8.98 Å². The number of furan rings is 1. The Morgan fingerprint density at radius 2 is 2.00 bits per heavy atom. The molecule has 0 amide bonds. The number of hydrogen-bond donors (Lipinski definition) is 0. The largest absolute Gasteiger partial charge is 0.461 e. The van der Waals surface area contributed by atoms with Crippen molar-refractivity contribution in [1.29, 1.82) is 0 Å². The van der Waals surface area contributed by atoms with E-state index in [9.17, 15) is 4.79 Å². The minimum atomic E-state index is -0.0770. The molecule has 17 heavy (non-hydrogen) atoms. The third-order valence-electron chi connectivity index (χ3n) is 2.89. The van der Waals surface area contributed by atoms with Crippen molar-refractivity contribution in [3.8, 4) is 0 Å². The molecule has 0 aliphatic heterocycles. The first-order valence-corrected chi connectivity index (χ1v) is 5.39. The molecule has 0 fully saturated rings. The van der Waals surface area contributed by atoms with Gasteiger partial charge in [-0.2, -0.15) is 0 Å². The fourth-order valence-electron chi connectivity index (χ4n) is 2.06. The number of rotatable bonds is 2. The van der Waals surface area contributed by atoms with Crippen molar-refractivity contribution in [1.82, 2.24) is 4.57 Å². The van der Waals surface area contributed by atoms with Gasteiger partial charge in [0.2, 0.25) is 5.78 Å². The zero-order valence-corrected chi connectivity index (χ0v) is 9.38. The zero-order valence-electron chi connectivity index (χ0n) is 9.38. The molecular weight excluding hydrogens is 214 g/mol. The highest BCUT2D eigenvalue weighted by Gasteiger charge is 2.17. The second-order valence-corrected chi connectivity index (χ2v) is 3.98. The third kappa shape index (κ3) is 1.47. The number of aryl methyl sites for hydroxylation is 1. The molecule has 2 aromatic heterocycles. The van der Waals surface area contributed by atoms with Crippen molar-refractivity contribution in [3.63, 3.8) is 0 Å². The minimum Gasteiger partial charge on any atom is -0.461 e. The normalized spacial score (nSPS) is 10.9. The van der Waals surface area contributed by atoms with E-state index in [1.807, 2.05) is 42.1 Å². The van der Waals surface area contributed by atoms with Gasteiger partial charge in [-0.15, -0.1) is 0 Å². The van der Waals surface area contributed by atoms with Crippen LogP contribution in [0.15, 0.2) is 53.3 Å². The molecular formula is C14H11NO2. The molecule has 3 aromatic rings. The number of para-hydroxylation sites is 1. The lowest BCUT2D eigenvalue weighted by atomic mass is 10.1. The topological polar surface area (TPSA) is 35.1 Å². The summed E-state index contributed by atoms with van der Waals surface area (Å²) in [6.07, 6.45) is 3.36. The number of aromatic nitrogens is 1. The first-order chi connectivity index (χ1) is 8.27. The summed E-state index contributed by atoms with van der Waals surface area (Å²) in [5.41, 5.74) is 1.72. The summed E-state index contributed by atoms with van der Waals surface area (Å²) >= 11 is 0. The number of fused-ring (bicyclic) bond motifs is 1. The van der Waals surface area contributed by atoms with Crippen LogP contribution in [-0.4, -0.2) is 10.4 Å². The van der Waals surface area contributed by atoms with Crippen LogP contribution in [0, 0.1) is 0 Å². The van der Waals surface area contributed by atoms with Crippen LogP contribution in [0.4, 0.5) is 0 Å². The van der Waals surface area contributed by atoms with Gasteiger partial charge in [-0.05, 0) is 18.2 Å². The van der Waals surface area contributed by atoms with Crippen molar-refractivity contribution in [2.45, 2.75) is 0 Å². The van der Waals surface area contributed by atoms with E-state index in [0.29, 0.717) is 11.3 Å². The summed E-state index contributed by atoms with van der Waals surface area (Å²) in [7, 11) is 1.93. The lowest BCUT2D eigenvalue weighted by Gasteiger charge is -1.95. The molecule has 0 spiro atoms. The Labute approximate surface area is 98.3 Å². The SMILES string of the molecule is Cn1cc(C(=O)c2ccco2)c2ccccc21. The van der Waals surface area contributed by atoms with Crippen molar-refractivity contribution in [3.05, 3.63) is 60.2 Å². The second-order valence-electron chi connectivity index (χ2n) is 3.98. The maximum absolute atomic E-state index is 12.2. The van der Waals surface area contributed by atoms with Gasteiger partial charge in [-0.25, -0.2) is 0 Å². The molecule has 3 heteroatoms. The third-order valence-corrected chi connectivity index (χ3v) is 2.89. The summed E-state index contributed by atoms with van der Waals surface area (Å²) < 4.78 is 7.10. The first kappa shape index (κ1) is 9.90. The highest BCUT2D eigenvalue weighted by atomic mass is 16.3. The number of benzene rings is 1. The molecule has 0 radical (unpaired) electrons. The molecule has 1 aromatic carbocycles. The van der Waals surface area contributed by atoms with E-state index in [0.717, 1.165) is 10.9 Å². The molecule has 0 aliphatic rings. The van der Waals surface area contributed by atoms with Crippen LogP contribution in [0.3, 0.4) is 0 Å². The average Bonchev–Trinajstić information content (AvgIpc) is 2.97. The van der Waals surface area contributed by atoms with Crippen molar-refractivity contribution in [2.24, 2.45) is 7.05 Å². The Bertz CT molecular complexity index is 677. The van der Waals surface area contributed by atoms with Crippen molar-refractivity contribution >= 4 is 16.7 Å². The fourth-order valence-corrected chi connectivity index (χ4v) is 2.06. The molecule has 0 bridgehead atoms. The molecule has 0 aliphatic carbocycles. The van der Waals surface area contributed by atoms with E-state index in [1.165, 1.54) is 6.26 Å². The Hall–Kier alpha value is -2.29. The highest BCUT2D eigenvalue weighted by Crippen LogP contribution is 2.22. The fraction of sp³-hybridized carbons (Fsp3) is 0.0714. The molecule has 0 N–H and O–H groups in total. The Morgan fingerprint density at radius 1 is 1.18 bits per heavy atom. The van der Waals surface area contributed by atoms with Crippen LogP contribution in [-0.2, 0) is 7.05 Å². The van der Waals surface area contributed by atoms with E-state index >= 15 is 0 Å². The maximum atomic E-state index is 12.2. The van der Waals surface area contributed by atoms with Crippen LogP contribution in [0.25, 0.3) is 10.9 Å². The van der Waals surface area contributed by atoms with Gasteiger partial charge in [-0.1, -0.05) is 18.2 Å².